The Morgan fingerprint density at radius 2 is 2.10 bits per heavy atom. The van der Waals surface area contributed by atoms with Crippen molar-refractivity contribution in [3.63, 3.8) is 0 Å². The summed E-state index contributed by atoms with van der Waals surface area (Å²) >= 11 is 0. The van der Waals surface area contributed by atoms with Crippen molar-refractivity contribution >= 4 is 5.91 Å². The fourth-order valence-corrected chi connectivity index (χ4v) is 1.85. The average molecular weight is 283 g/mol. The number of carbonyl (C=O) groups excluding carboxylic acids is 1. The van der Waals surface area contributed by atoms with E-state index in [1.807, 2.05) is 38.1 Å². The zero-order valence-corrected chi connectivity index (χ0v) is 12.8. The van der Waals surface area contributed by atoms with E-state index < -0.39 is 6.10 Å². The molecule has 114 valence electrons. The highest BCUT2D eigenvalue weighted by Crippen LogP contribution is 2.11. The normalized spacial score (nSPS) is 12.7. The summed E-state index contributed by atoms with van der Waals surface area (Å²) in [4.78, 5) is 16.1. The number of furan rings is 1. The summed E-state index contributed by atoms with van der Waals surface area (Å²) in [5, 5.41) is 0. The van der Waals surface area contributed by atoms with E-state index >= 15 is 0 Å². The number of aryl methyl sites for hydroxylation is 1. The van der Waals surface area contributed by atoms with E-state index in [0.29, 0.717) is 13.1 Å². The Morgan fingerprint density at radius 3 is 2.55 bits per heavy atom. The first-order valence-corrected chi connectivity index (χ1v) is 6.69. The molecule has 0 aliphatic carbocycles. The third-order valence-corrected chi connectivity index (χ3v) is 3.05. The molecular formula is C14H25N3O3. The van der Waals surface area contributed by atoms with Gasteiger partial charge in [-0.2, -0.15) is 0 Å². The van der Waals surface area contributed by atoms with Crippen LogP contribution in [0.5, 0.6) is 0 Å². The number of methoxy groups -OCH3 is 1. The van der Waals surface area contributed by atoms with Crippen LogP contribution in [0.25, 0.3) is 0 Å². The van der Waals surface area contributed by atoms with E-state index in [9.17, 15) is 4.79 Å². The Balaban J connectivity index is 2.75. The van der Waals surface area contributed by atoms with Gasteiger partial charge >= 0.3 is 0 Å². The molecule has 1 heterocycles. The maximum absolute atomic E-state index is 12.4. The van der Waals surface area contributed by atoms with Crippen molar-refractivity contribution in [3.8, 4) is 0 Å². The van der Waals surface area contributed by atoms with Crippen molar-refractivity contribution in [1.82, 2.24) is 9.80 Å². The molecule has 0 saturated heterocycles. The van der Waals surface area contributed by atoms with Crippen molar-refractivity contribution < 1.29 is 13.9 Å². The molecule has 1 aromatic heterocycles. The Hall–Kier alpha value is -1.37. The molecule has 0 spiro atoms. The molecule has 0 aromatic carbocycles. The van der Waals surface area contributed by atoms with Gasteiger partial charge in [-0.25, -0.2) is 0 Å². The van der Waals surface area contributed by atoms with Crippen LogP contribution in [-0.4, -0.2) is 62.7 Å². The molecule has 1 amide bonds. The van der Waals surface area contributed by atoms with Crippen LogP contribution in [0.1, 0.15) is 11.5 Å². The summed E-state index contributed by atoms with van der Waals surface area (Å²) in [5.74, 6) is 1.49. The van der Waals surface area contributed by atoms with E-state index in [4.69, 9.17) is 14.9 Å². The minimum absolute atomic E-state index is 0.106. The monoisotopic (exact) mass is 283 g/mol. The molecule has 0 bridgehead atoms. The Kier molecular flexibility index (Phi) is 6.70. The van der Waals surface area contributed by atoms with E-state index in [1.165, 1.54) is 7.11 Å². The minimum Gasteiger partial charge on any atom is -0.464 e. The quantitative estimate of drug-likeness (QED) is 0.750. The summed E-state index contributed by atoms with van der Waals surface area (Å²) in [6.07, 6.45) is -0.603. The fraction of sp³-hybridized carbons (Fsp3) is 0.643. The lowest BCUT2D eigenvalue weighted by Gasteiger charge is -2.26. The van der Waals surface area contributed by atoms with Crippen LogP contribution < -0.4 is 5.73 Å². The van der Waals surface area contributed by atoms with Gasteiger partial charge in [0.1, 0.15) is 17.6 Å². The van der Waals surface area contributed by atoms with Gasteiger partial charge in [-0.3, -0.25) is 4.79 Å². The molecule has 0 aliphatic heterocycles. The van der Waals surface area contributed by atoms with Gasteiger partial charge in [0, 0.05) is 26.7 Å². The highest BCUT2D eigenvalue weighted by molar-refractivity contribution is 5.81. The average Bonchev–Trinajstić information content (AvgIpc) is 2.81. The van der Waals surface area contributed by atoms with Crippen LogP contribution in [0.2, 0.25) is 0 Å². The molecule has 0 fully saturated rings. The number of ether oxygens (including phenoxy) is 1. The second-order valence-corrected chi connectivity index (χ2v) is 5.04. The number of rotatable bonds is 8. The van der Waals surface area contributed by atoms with E-state index in [0.717, 1.165) is 18.1 Å². The van der Waals surface area contributed by atoms with Gasteiger partial charge in [-0.1, -0.05) is 0 Å². The third-order valence-electron chi connectivity index (χ3n) is 3.05. The Labute approximate surface area is 120 Å². The predicted octanol–water partition coefficient (Wildman–Crippen LogP) is 0.452. The molecular weight excluding hydrogens is 258 g/mol. The number of nitrogens with two attached hydrogens (primary N) is 1. The lowest BCUT2D eigenvalue weighted by atomic mass is 10.2. The van der Waals surface area contributed by atoms with Gasteiger partial charge in [0.2, 0.25) is 0 Å². The number of likely N-dealkylation sites (N-methyl/N-ethyl adjacent to an activating group) is 1. The molecule has 6 heteroatoms. The molecule has 6 nitrogen and oxygen atoms in total. The van der Waals surface area contributed by atoms with Gasteiger partial charge in [0.05, 0.1) is 6.54 Å². The lowest BCUT2D eigenvalue weighted by Crippen LogP contribution is -2.45. The predicted molar refractivity (Wildman–Crippen MR) is 77.3 cm³/mol. The molecule has 20 heavy (non-hydrogen) atoms. The Bertz CT molecular complexity index is 414. The molecule has 1 unspecified atom stereocenters. The standard InChI is InChI=1S/C14H25N3O3/c1-11-5-6-12(20-11)10-17(8-7-16(2)3)14(18)13(9-15)19-4/h5-6,13H,7-10,15H2,1-4H3. The van der Waals surface area contributed by atoms with E-state index in [-0.39, 0.29) is 12.5 Å². The maximum atomic E-state index is 12.4. The van der Waals surface area contributed by atoms with Gasteiger partial charge in [-0.05, 0) is 33.2 Å². The molecule has 2 N–H and O–H groups in total. The van der Waals surface area contributed by atoms with E-state index in [2.05, 4.69) is 0 Å². The van der Waals surface area contributed by atoms with Crippen LogP contribution >= 0.6 is 0 Å². The topological polar surface area (TPSA) is 71.9 Å². The molecule has 1 rings (SSSR count). The van der Waals surface area contributed by atoms with Crippen LogP contribution in [0.4, 0.5) is 0 Å². The largest absolute Gasteiger partial charge is 0.464 e. The first-order chi connectivity index (χ1) is 9.47. The third kappa shape index (κ3) is 4.96. The van der Waals surface area contributed by atoms with Crippen LogP contribution in [0.15, 0.2) is 16.5 Å². The van der Waals surface area contributed by atoms with Crippen molar-refractivity contribution in [3.05, 3.63) is 23.7 Å². The zero-order valence-electron chi connectivity index (χ0n) is 12.8. The van der Waals surface area contributed by atoms with Gasteiger partial charge in [-0.15, -0.1) is 0 Å². The van der Waals surface area contributed by atoms with Crippen molar-refractivity contribution in [2.45, 2.75) is 19.6 Å². The maximum Gasteiger partial charge on any atom is 0.253 e. The first kappa shape index (κ1) is 16.7. The molecule has 1 aromatic rings. The number of hydrogen-bond acceptors (Lipinski definition) is 5. The van der Waals surface area contributed by atoms with Crippen LogP contribution in [0, 0.1) is 6.92 Å². The summed E-state index contributed by atoms with van der Waals surface area (Å²) in [6, 6.07) is 3.77. The van der Waals surface area contributed by atoms with Gasteiger partial charge in [0.15, 0.2) is 0 Å². The first-order valence-electron chi connectivity index (χ1n) is 6.69. The van der Waals surface area contributed by atoms with E-state index in [1.54, 1.807) is 4.90 Å². The summed E-state index contributed by atoms with van der Waals surface area (Å²) in [5.41, 5.74) is 5.57. The van der Waals surface area contributed by atoms with Crippen molar-refractivity contribution in [2.24, 2.45) is 5.73 Å². The lowest BCUT2D eigenvalue weighted by molar-refractivity contribution is -0.142. The van der Waals surface area contributed by atoms with Crippen molar-refractivity contribution in [1.29, 1.82) is 0 Å². The SMILES string of the molecule is COC(CN)C(=O)N(CCN(C)C)Cc1ccc(C)o1. The zero-order chi connectivity index (χ0) is 15.1. The number of hydrogen-bond donors (Lipinski definition) is 1. The molecule has 0 aliphatic rings. The van der Waals surface area contributed by atoms with Crippen LogP contribution in [0.3, 0.4) is 0 Å². The fourth-order valence-electron chi connectivity index (χ4n) is 1.85. The molecule has 1 atom stereocenters. The smallest absolute Gasteiger partial charge is 0.253 e. The number of carbonyl (C=O) groups is 1. The van der Waals surface area contributed by atoms with Gasteiger partial charge in [0.25, 0.3) is 5.91 Å². The summed E-state index contributed by atoms with van der Waals surface area (Å²) in [7, 11) is 5.43. The van der Waals surface area contributed by atoms with Crippen LogP contribution in [-0.2, 0) is 16.1 Å². The minimum atomic E-state index is -0.603. The Morgan fingerprint density at radius 1 is 1.40 bits per heavy atom. The molecule has 0 saturated carbocycles. The van der Waals surface area contributed by atoms with Crippen molar-refractivity contribution in [2.75, 3.05) is 40.8 Å². The summed E-state index contributed by atoms with van der Waals surface area (Å²) < 4.78 is 10.7. The second-order valence-electron chi connectivity index (χ2n) is 5.04. The number of nitrogens with zero attached hydrogens (tertiary/aromatic N) is 2. The second kappa shape index (κ2) is 8.04. The highest BCUT2D eigenvalue weighted by Gasteiger charge is 2.23. The van der Waals surface area contributed by atoms with Gasteiger partial charge < -0.3 is 24.7 Å². The molecule has 0 radical (unpaired) electrons. The number of amides is 1. The summed E-state index contributed by atoms with van der Waals surface area (Å²) in [6.45, 7) is 3.86. The highest BCUT2D eigenvalue weighted by atomic mass is 16.5.